The Labute approximate surface area is 156 Å². The maximum atomic E-state index is 12.1. The molecule has 2 aromatic carbocycles. The summed E-state index contributed by atoms with van der Waals surface area (Å²) in [5.41, 5.74) is 0.749. The van der Waals surface area contributed by atoms with Crippen molar-refractivity contribution in [1.82, 2.24) is 10.6 Å². The maximum Gasteiger partial charge on any atom is 0.342 e. The van der Waals surface area contributed by atoms with Crippen molar-refractivity contribution in [2.24, 2.45) is 0 Å². The van der Waals surface area contributed by atoms with Crippen molar-refractivity contribution in [3.05, 3.63) is 59.7 Å². The van der Waals surface area contributed by atoms with Crippen LogP contribution in [0.1, 0.15) is 22.8 Å². The number of amides is 3. The summed E-state index contributed by atoms with van der Waals surface area (Å²) in [5, 5.41) is 14.4. The van der Waals surface area contributed by atoms with Crippen LogP contribution < -0.4 is 15.4 Å². The molecule has 27 heavy (non-hydrogen) atoms. The number of nitrogens with one attached hydrogen (secondary N) is 2. The molecule has 142 valence electrons. The number of methoxy groups -OCH3 is 1. The van der Waals surface area contributed by atoms with Crippen LogP contribution in [0, 0.1) is 0 Å². The van der Waals surface area contributed by atoms with E-state index in [2.05, 4.69) is 10.6 Å². The predicted molar refractivity (Wildman–Crippen MR) is 96.4 cm³/mol. The van der Waals surface area contributed by atoms with Gasteiger partial charge in [0.2, 0.25) is 0 Å². The van der Waals surface area contributed by atoms with Gasteiger partial charge in [-0.1, -0.05) is 30.3 Å². The molecule has 0 unspecified atom stereocenters. The molecule has 0 aliphatic heterocycles. The first-order chi connectivity index (χ1) is 12.9. The van der Waals surface area contributed by atoms with Crippen LogP contribution in [-0.4, -0.2) is 36.2 Å². The summed E-state index contributed by atoms with van der Waals surface area (Å²) in [7, 11) is 1.42. The number of carbonyl (C=O) groups excluding carboxylic acids is 3. The average Bonchev–Trinajstić information content (AvgIpc) is 2.66. The lowest BCUT2D eigenvalue weighted by molar-refractivity contribution is -0.127. The Balaban J connectivity index is 1.85. The second-order valence-corrected chi connectivity index (χ2v) is 5.59. The van der Waals surface area contributed by atoms with E-state index in [-0.39, 0.29) is 17.9 Å². The maximum absolute atomic E-state index is 12.1. The molecule has 0 saturated heterocycles. The number of benzene rings is 2. The molecule has 8 heteroatoms. The van der Waals surface area contributed by atoms with Crippen LogP contribution in [-0.2, 0) is 16.1 Å². The second kappa shape index (κ2) is 9.23. The lowest BCUT2D eigenvalue weighted by Crippen LogP contribution is -2.44. The Morgan fingerprint density at radius 3 is 2.44 bits per heavy atom. The minimum atomic E-state index is -1.23. The summed E-state index contributed by atoms with van der Waals surface area (Å²) in [6.07, 6.45) is -1.23. The molecule has 0 radical (unpaired) electrons. The Bertz CT molecular complexity index is 822. The number of carbonyl (C=O) groups is 3. The van der Waals surface area contributed by atoms with Gasteiger partial charge in [0.05, 0.1) is 7.11 Å². The van der Waals surface area contributed by atoms with Gasteiger partial charge in [-0.3, -0.25) is 10.1 Å². The van der Waals surface area contributed by atoms with Gasteiger partial charge in [0.25, 0.3) is 5.91 Å². The monoisotopic (exact) mass is 372 g/mol. The Hall–Kier alpha value is -3.55. The highest BCUT2D eigenvalue weighted by molar-refractivity contribution is 5.99. The molecular weight excluding hydrogens is 352 g/mol. The van der Waals surface area contributed by atoms with Gasteiger partial charge >= 0.3 is 12.0 Å². The lowest BCUT2D eigenvalue weighted by Gasteiger charge is -2.14. The zero-order valence-corrected chi connectivity index (χ0v) is 14.9. The molecule has 0 fully saturated rings. The average molecular weight is 372 g/mol. The molecule has 0 bridgehead atoms. The third-order valence-corrected chi connectivity index (χ3v) is 3.61. The Morgan fingerprint density at radius 1 is 1.11 bits per heavy atom. The number of aromatic hydroxyl groups is 1. The Kier molecular flexibility index (Phi) is 6.76. The van der Waals surface area contributed by atoms with Crippen LogP contribution in [0.4, 0.5) is 4.79 Å². The van der Waals surface area contributed by atoms with E-state index in [1.807, 2.05) is 30.3 Å². The van der Waals surface area contributed by atoms with Gasteiger partial charge in [-0.2, -0.15) is 0 Å². The van der Waals surface area contributed by atoms with Crippen LogP contribution in [0.5, 0.6) is 11.5 Å². The molecule has 0 aromatic heterocycles. The fourth-order valence-electron chi connectivity index (χ4n) is 2.12. The summed E-state index contributed by atoms with van der Waals surface area (Å²) in [5.74, 6) is -1.66. The molecule has 2 aromatic rings. The summed E-state index contributed by atoms with van der Waals surface area (Å²) in [6, 6.07) is 12.5. The van der Waals surface area contributed by atoms with E-state index in [1.54, 1.807) is 0 Å². The fraction of sp³-hybridized carbons (Fsp3) is 0.211. The van der Waals surface area contributed by atoms with Crippen molar-refractivity contribution in [1.29, 1.82) is 0 Å². The number of phenols is 1. The minimum absolute atomic E-state index is 0.121. The normalized spacial score (nSPS) is 11.2. The zero-order chi connectivity index (χ0) is 19.8. The van der Waals surface area contributed by atoms with Gasteiger partial charge in [-0.25, -0.2) is 9.59 Å². The van der Waals surface area contributed by atoms with Crippen molar-refractivity contribution in [2.75, 3.05) is 7.11 Å². The van der Waals surface area contributed by atoms with Crippen LogP contribution in [0.25, 0.3) is 0 Å². The molecule has 0 spiro atoms. The molecule has 0 saturated carbocycles. The number of hydrogen-bond donors (Lipinski definition) is 3. The van der Waals surface area contributed by atoms with Crippen LogP contribution >= 0.6 is 0 Å². The van der Waals surface area contributed by atoms with E-state index in [4.69, 9.17) is 9.47 Å². The van der Waals surface area contributed by atoms with Crippen LogP contribution in [0.15, 0.2) is 48.5 Å². The molecule has 0 aliphatic carbocycles. The van der Waals surface area contributed by atoms with Crippen LogP contribution in [0.2, 0.25) is 0 Å². The number of ether oxygens (including phenoxy) is 2. The van der Waals surface area contributed by atoms with E-state index in [9.17, 15) is 19.5 Å². The molecule has 2 rings (SSSR count). The van der Waals surface area contributed by atoms with Crippen molar-refractivity contribution in [3.63, 3.8) is 0 Å². The van der Waals surface area contributed by atoms with Gasteiger partial charge in [-0.05, 0) is 24.6 Å². The first kappa shape index (κ1) is 19.8. The standard InChI is InChI=1S/C19H20N2O6/c1-12(27-18(24)15-9-8-14(26-2)10-16(15)22)17(23)21-19(25)20-11-13-6-4-3-5-7-13/h3-10,12,22H,11H2,1-2H3,(H2,20,21,23,25)/t12-/m0/s1. The second-order valence-electron chi connectivity index (χ2n) is 5.59. The summed E-state index contributed by atoms with van der Waals surface area (Å²) >= 11 is 0. The molecule has 8 nitrogen and oxygen atoms in total. The van der Waals surface area contributed by atoms with E-state index >= 15 is 0 Å². The minimum Gasteiger partial charge on any atom is -0.507 e. The number of phenolic OH excluding ortho intramolecular Hbond substituents is 1. The lowest BCUT2D eigenvalue weighted by atomic mass is 10.2. The number of imide groups is 1. The third-order valence-electron chi connectivity index (χ3n) is 3.61. The van der Waals surface area contributed by atoms with E-state index < -0.39 is 24.0 Å². The largest absolute Gasteiger partial charge is 0.507 e. The number of rotatable bonds is 6. The van der Waals surface area contributed by atoms with Gasteiger partial charge in [-0.15, -0.1) is 0 Å². The van der Waals surface area contributed by atoms with Crippen molar-refractivity contribution >= 4 is 17.9 Å². The summed E-state index contributed by atoms with van der Waals surface area (Å²) in [4.78, 5) is 35.8. The van der Waals surface area contributed by atoms with Gasteiger partial charge in [0, 0.05) is 12.6 Å². The molecule has 3 amide bonds. The van der Waals surface area contributed by atoms with E-state index in [1.165, 1.54) is 32.2 Å². The highest BCUT2D eigenvalue weighted by atomic mass is 16.5. The summed E-state index contributed by atoms with van der Waals surface area (Å²) < 4.78 is 9.91. The van der Waals surface area contributed by atoms with Gasteiger partial charge < -0.3 is 19.9 Å². The SMILES string of the molecule is COc1ccc(C(=O)O[C@@H](C)C(=O)NC(=O)NCc2ccccc2)c(O)c1. The quantitative estimate of drug-likeness (QED) is 0.668. The third kappa shape index (κ3) is 5.74. The topological polar surface area (TPSA) is 114 Å². The smallest absolute Gasteiger partial charge is 0.342 e. The van der Waals surface area contributed by atoms with Crippen molar-refractivity contribution in [2.45, 2.75) is 19.6 Å². The van der Waals surface area contributed by atoms with Gasteiger partial charge in [0.1, 0.15) is 17.1 Å². The highest BCUT2D eigenvalue weighted by Gasteiger charge is 2.22. The number of hydrogen-bond acceptors (Lipinski definition) is 6. The highest BCUT2D eigenvalue weighted by Crippen LogP contribution is 2.24. The van der Waals surface area contributed by atoms with Crippen LogP contribution in [0.3, 0.4) is 0 Å². The first-order valence-electron chi connectivity index (χ1n) is 8.11. The molecule has 0 aliphatic rings. The molecule has 3 N–H and O–H groups in total. The van der Waals surface area contributed by atoms with Crippen molar-refractivity contribution < 1.29 is 29.0 Å². The fourth-order valence-corrected chi connectivity index (χ4v) is 2.12. The molecule has 1 atom stereocenters. The first-order valence-corrected chi connectivity index (χ1v) is 8.11. The number of urea groups is 1. The summed E-state index contributed by atoms with van der Waals surface area (Å²) in [6.45, 7) is 1.56. The zero-order valence-electron chi connectivity index (χ0n) is 14.9. The van der Waals surface area contributed by atoms with Gasteiger partial charge in [0.15, 0.2) is 6.10 Å². The Morgan fingerprint density at radius 2 is 1.81 bits per heavy atom. The van der Waals surface area contributed by atoms with Crippen molar-refractivity contribution in [3.8, 4) is 11.5 Å². The van der Waals surface area contributed by atoms with E-state index in [0.29, 0.717) is 5.75 Å². The van der Waals surface area contributed by atoms with E-state index in [0.717, 1.165) is 5.56 Å². The molecular formula is C19H20N2O6. The predicted octanol–water partition coefficient (Wildman–Crippen LogP) is 1.97. The molecule has 0 heterocycles. The number of esters is 1.